The standard InChI is InChI=1S/C16H15FN4O2S/c1-11-8-19-21(10-11)16-4-3-13(7-14(16)17)24(22,23)20-15-5-6-18-9-12(15)2/h3-10H,1-2H3,(H,18,20). The third-order valence-electron chi connectivity index (χ3n) is 3.45. The predicted molar refractivity (Wildman–Crippen MR) is 88.0 cm³/mol. The van der Waals surface area contributed by atoms with E-state index in [9.17, 15) is 12.8 Å². The van der Waals surface area contributed by atoms with Gasteiger partial charge in [-0.25, -0.2) is 17.5 Å². The van der Waals surface area contributed by atoms with Gasteiger partial charge >= 0.3 is 0 Å². The number of nitrogens with zero attached hydrogens (tertiary/aromatic N) is 3. The summed E-state index contributed by atoms with van der Waals surface area (Å²) in [4.78, 5) is 3.74. The van der Waals surface area contributed by atoms with Gasteiger partial charge in [0.15, 0.2) is 0 Å². The predicted octanol–water partition coefficient (Wildman–Crippen LogP) is 2.82. The fourth-order valence-corrected chi connectivity index (χ4v) is 3.32. The summed E-state index contributed by atoms with van der Waals surface area (Å²) < 4.78 is 43.0. The summed E-state index contributed by atoms with van der Waals surface area (Å²) >= 11 is 0. The number of pyridine rings is 1. The van der Waals surface area contributed by atoms with Crippen molar-refractivity contribution < 1.29 is 12.8 Å². The van der Waals surface area contributed by atoms with Crippen LogP contribution in [0, 0.1) is 19.7 Å². The average Bonchev–Trinajstić information content (AvgIpc) is 2.95. The van der Waals surface area contributed by atoms with Gasteiger partial charge in [-0.05, 0) is 49.2 Å². The molecule has 0 unspecified atom stereocenters. The van der Waals surface area contributed by atoms with Crippen LogP contribution in [0.15, 0.2) is 53.9 Å². The molecule has 0 radical (unpaired) electrons. The molecule has 0 aliphatic heterocycles. The summed E-state index contributed by atoms with van der Waals surface area (Å²) in [6, 6.07) is 5.25. The monoisotopic (exact) mass is 346 g/mol. The minimum Gasteiger partial charge on any atom is -0.279 e. The van der Waals surface area contributed by atoms with Gasteiger partial charge in [0.25, 0.3) is 10.0 Å². The van der Waals surface area contributed by atoms with Crippen molar-refractivity contribution >= 4 is 15.7 Å². The molecule has 0 spiro atoms. The van der Waals surface area contributed by atoms with Gasteiger partial charge in [0.05, 0.1) is 16.8 Å². The Labute approximate surface area is 139 Å². The van der Waals surface area contributed by atoms with E-state index >= 15 is 0 Å². The number of sulfonamides is 1. The molecule has 0 bridgehead atoms. The highest BCUT2D eigenvalue weighted by molar-refractivity contribution is 7.92. The van der Waals surface area contributed by atoms with E-state index in [0.717, 1.165) is 11.6 Å². The van der Waals surface area contributed by atoms with E-state index < -0.39 is 15.8 Å². The summed E-state index contributed by atoms with van der Waals surface area (Å²) in [5.74, 6) is -0.674. The van der Waals surface area contributed by atoms with Crippen molar-refractivity contribution in [2.75, 3.05) is 4.72 Å². The van der Waals surface area contributed by atoms with E-state index in [1.54, 1.807) is 31.6 Å². The molecule has 1 N–H and O–H groups in total. The Kier molecular flexibility index (Phi) is 4.06. The summed E-state index contributed by atoms with van der Waals surface area (Å²) in [5, 5.41) is 4.02. The third-order valence-corrected chi connectivity index (χ3v) is 4.82. The van der Waals surface area contributed by atoms with Gasteiger partial charge in [-0.15, -0.1) is 0 Å². The highest BCUT2D eigenvalue weighted by Crippen LogP contribution is 2.22. The number of aromatic nitrogens is 3. The van der Waals surface area contributed by atoms with E-state index in [0.29, 0.717) is 11.3 Å². The zero-order chi connectivity index (χ0) is 17.3. The summed E-state index contributed by atoms with van der Waals surface area (Å²) in [7, 11) is -3.90. The zero-order valence-corrected chi connectivity index (χ0v) is 13.9. The fraction of sp³-hybridized carbons (Fsp3) is 0.125. The van der Waals surface area contributed by atoms with Gasteiger partial charge in [-0.2, -0.15) is 5.10 Å². The lowest BCUT2D eigenvalue weighted by Gasteiger charge is -2.11. The Morgan fingerprint density at radius 2 is 1.96 bits per heavy atom. The molecular formula is C16H15FN4O2S. The summed E-state index contributed by atoms with van der Waals surface area (Å²) in [5.41, 5.74) is 2.13. The van der Waals surface area contributed by atoms with Gasteiger partial charge in [0.2, 0.25) is 0 Å². The van der Waals surface area contributed by atoms with Gasteiger partial charge < -0.3 is 0 Å². The largest absolute Gasteiger partial charge is 0.279 e. The van der Waals surface area contributed by atoms with Gasteiger partial charge in [0, 0.05) is 18.6 Å². The molecule has 0 fully saturated rings. The van der Waals surface area contributed by atoms with Crippen LogP contribution in [-0.4, -0.2) is 23.2 Å². The average molecular weight is 346 g/mol. The first kappa shape index (κ1) is 16.1. The molecule has 24 heavy (non-hydrogen) atoms. The first-order valence-electron chi connectivity index (χ1n) is 7.11. The van der Waals surface area contributed by atoms with Crippen LogP contribution in [0.3, 0.4) is 0 Å². The number of anilines is 1. The van der Waals surface area contributed by atoms with Crippen molar-refractivity contribution in [2.45, 2.75) is 18.7 Å². The van der Waals surface area contributed by atoms with Gasteiger partial charge in [-0.1, -0.05) is 0 Å². The molecule has 0 aliphatic carbocycles. The molecule has 6 nitrogen and oxygen atoms in total. The Morgan fingerprint density at radius 3 is 2.58 bits per heavy atom. The summed E-state index contributed by atoms with van der Waals surface area (Å²) in [6.45, 7) is 3.57. The lowest BCUT2D eigenvalue weighted by atomic mass is 10.3. The second-order valence-corrected chi connectivity index (χ2v) is 7.05. The van der Waals surface area contributed by atoms with Crippen LogP contribution < -0.4 is 4.72 Å². The molecule has 1 aromatic carbocycles. The van der Waals surface area contributed by atoms with E-state index in [4.69, 9.17) is 0 Å². The van der Waals surface area contributed by atoms with Crippen LogP contribution in [0.4, 0.5) is 10.1 Å². The minimum absolute atomic E-state index is 0.163. The Bertz CT molecular complexity index is 999. The smallest absolute Gasteiger partial charge is 0.262 e. The number of rotatable bonds is 4. The molecule has 124 valence electrons. The molecule has 0 saturated carbocycles. The van der Waals surface area contributed by atoms with Crippen molar-refractivity contribution in [3.8, 4) is 5.69 Å². The number of hydrogen-bond donors (Lipinski definition) is 1. The van der Waals surface area contributed by atoms with E-state index in [1.807, 2.05) is 6.92 Å². The normalized spacial score (nSPS) is 11.5. The van der Waals surface area contributed by atoms with Crippen LogP contribution >= 0.6 is 0 Å². The lowest BCUT2D eigenvalue weighted by Crippen LogP contribution is -2.14. The molecule has 3 aromatic rings. The molecule has 3 rings (SSSR count). The highest BCUT2D eigenvalue weighted by atomic mass is 32.2. The SMILES string of the molecule is Cc1cnn(-c2ccc(S(=O)(=O)Nc3ccncc3C)cc2F)c1. The lowest BCUT2D eigenvalue weighted by molar-refractivity contribution is 0.590. The maximum absolute atomic E-state index is 14.3. The van der Waals surface area contributed by atoms with Crippen LogP contribution in [0.1, 0.15) is 11.1 Å². The molecular weight excluding hydrogens is 331 g/mol. The number of hydrogen-bond acceptors (Lipinski definition) is 4. The van der Waals surface area contributed by atoms with Crippen molar-refractivity contribution in [2.24, 2.45) is 0 Å². The van der Waals surface area contributed by atoms with E-state index in [1.165, 1.54) is 23.0 Å². The Hall–Kier alpha value is -2.74. The molecule has 2 heterocycles. The summed E-state index contributed by atoms with van der Waals surface area (Å²) in [6.07, 6.45) is 6.28. The molecule has 8 heteroatoms. The van der Waals surface area contributed by atoms with Crippen LogP contribution in [-0.2, 0) is 10.0 Å². The fourth-order valence-electron chi connectivity index (χ4n) is 2.18. The van der Waals surface area contributed by atoms with Crippen LogP contribution in [0.25, 0.3) is 5.69 Å². The molecule has 0 atom stereocenters. The Balaban J connectivity index is 1.95. The van der Waals surface area contributed by atoms with Crippen molar-refractivity contribution in [1.82, 2.24) is 14.8 Å². The first-order chi connectivity index (χ1) is 11.4. The number of nitrogens with one attached hydrogen (secondary N) is 1. The van der Waals surface area contributed by atoms with Crippen molar-refractivity contribution in [1.29, 1.82) is 0 Å². The van der Waals surface area contributed by atoms with Gasteiger partial charge in [0.1, 0.15) is 11.5 Å². The zero-order valence-electron chi connectivity index (χ0n) is 13.1. The quantitative estimate of drug-likeness (QED) is 0.788. The van der Waals surface area contributed by atoms with Gasteiger partial charge in [-0.3, -0.25) is 9.71 Å². The maximum Gasteiger partial charge on any atom is 0.262 e. The second-order valence-electron chi connectivity index (χ2n) is 5.37. The Morgan fingerprint density at radius 1 is 1.17 bits per heavy atom. The van der Waals surface area contributed by atoms with Crippen molar-refractivity contribution in [3.05, 3.63) is 66.0 Å². The highest BCUT2D eigenvalue weighted by Gasteiger charge is 2.18. The topological polar surface area (TPSA) is 76.9 Å². The molecule has 0 amide bonds. The molecule has 0 saturated heterocycles. The molecule has 2 aromatic heterocycles. The minimum atomic E-state index is -3.90. The number of halogens is 1. The van der Waals surface area contributed by atoms with E-state index in [2.05, 4.69) is 14.8 Å². The number of aryl methyl sites for hydroxylation is 2. The van der Waals surface area contributed by atoms with Crippen molar-refractivity contribution in [3.63, 3.8) is 0 Å². The van der Waals surface area contributed by atoms with Crippen LogP contribution in [0.5, 0.6) is 0 Å². The maximum atomic E-state index is 14.3. The van der Waals surface area contributed by atoms with E-state index in [-0.39, 0.29) is 10.6 Å². The molecule has 0 aliphatic rings. The number of benzene rings is 1. The second kappa shape index (κ2) is 6.04. The first-order valence-corrected chi connectivity index (χ1v) is 8.60. The third kappa shape index (κ3) is 3.13. The van der Waals surface area contributed by atoms with Crippen LogP contribution in [0.2, 0.25) is 0 Å².